The molecule has 2 rings (SSSR count). The van der Waals surface area contributed by atoms with E-state index in [-0.39, 0.29) is 12.5 Å². The molecular formula is C19H30N4O2S. The number of amides is 1. The van der Waals surface area contributed by atoms with Crippen molar-refractivity contribution in [2.75, 3.05) is 39.5 Å². The molecule has 1 aliphatic heterocycles. The third kappa shape index (κ3) is 7.15. The Balaban J connectivity index is 1.88. The first-order valence-electron chi connectivity index (χ1n) is 9.14. The minimum Gasteiger partial charge on any atom is -0.484 e. The third-order valence-electron chi connectivity index (χ3n) is 4.04. The Morgan fingerprint density at radius 3 is 2.92 bits per heavy atom. The van der Waals surface area contributed by atoms with Crippen LogP contribution in [0.15, 0.2) is 29.3 Å². The highest BCUT2D eigenvalue weighted by Gasteiger charge is 2.15. The fraction of sp³-hybridized carbons (Fsp3) is 0.579. The number of thioether (sulfide) groups is 1. The molecule has 26 heavy (non-hydrogen) atoms. The first-order valence-corrected chi connectivity index (χ1v) is 10.2. The van der Waals surface area contributed by atoms with Crippen molar-refractivity contribution in [3.8, 4) is 5.75 Å². The molecule has 6 nitrogen and oxygen atoms in total. The Bertz CT molecular complexity index is 601. The fourth-order valence-corrected chi connectivity index (χ4v) is 3.74. The SMILES string of the molecule is CCNC(=NCc1cccc(OCC(=O)N(C)C)c1)NCC1CCCS1. The van der Waals surface area contributed by atoms with Crippen molar-refractivity contribution in [2.24, 2.45) is 4.99 Å². The third-order valence-corrected chi connectivity index (χ3v) is 5.44. The number of hydrogen-bond donors (Lipinski definition) is 2. The monoisotopic (exact) mass is 378 g/mol. The Labute approximate surface area is 160 Å². The molecule has 2 N–H and O–H groups in total. The van der Waals surface area contributed by atoms with Crippen LogP contribution in [0.5, 0.6) is 5.75 Å². The van der Waals surface area contributed by atoms with Gasteiger partial charge in [-0.1, -0.05) is 12.1 Å². The number of benzene rings is 1. The average Bonchev–Trinajstić information content (AvgIpc) is 3.16. The first-order chi connectivity index (χ1) is 12.6. The van der Waals surface area contributed by atoms with Crippen molar-refractivity contribution in [2.45, 2.75) is 31.6 Å². The van der Waals surface area contributed by atoms with Gasteiger partial charge in [0.2, 0.25) is 0 Å². The van der Waals surface area contributed by atoms with Gasteiger partial charge in [0.1, 0.15) is 5.75 Å². The zero-order chi connectivity index (χ0) is 18.8. The van der Waals surface area contributed by atoms with Gasteiger partial charge in [0.25, 0.3) is 5.91 Å². The van der Waals surface area contributed by atoms with Crippen LogP contribution in [0.2, 0.25) is 0 Å². The van der Waals surface area contributed by atoms with Crippen LogP contribution in [0.3, 0.4) is 0 Å². The molecule has 1 amide bonds. The average molecular weight is 379 g/mol. The van der Waals surface area contributed by atoms with Gasteiger partial charge in [-0.25, -0.2) is 4.99 Å². The fourth-order valence-electron chi connectivity index (χ4n) is 2.54. The minimum absolute atomic E-state index is 0.0446. The van der Waals surface area contributed by atoms with E-state index < -0.39 is 0 Å². The summed E-state index contributed by atoms with van der Waals surface area (Å²) in [6.07, 6.45) is 2.59. The predicted molar refractivity (Wildman–Crippen MR) is 109 cm³/mol. The summed E-state index contributed by atoms with van der Waals surface area (Å²) >= 11 is 2.04. The molecule has 1 aliphatic rings. The van der Waals surface area contributed by atoms with Gasteiger partial charge in [-0.2, -0.15) is 11.8 Å². The van der Waals surface area contributed by atoms with Crippen LogP contribution in [0.4, 0.5) is 0 Å². The number of rotatable bonds is 8. The van der Waals surface area contributed by atoms with Crippen LogP contribution < -0.4 is 15.4 Å². The second kappa shape index (κ2) is 11.0. The molecule has 0 aliphatic carbocycles. The van der Waals surface area contributed by atoms with Gasteiger partial charge >= 0.3 is 0 Å². The van der Waals surface area contributed by atoms with Gasteiger partial charge < -0.3 is 20.3 Å². The lowest BCUT2D eigenvalue weighted by molar-refractivity contribution is -0.130. The molecule has 1 saturated heterocycles. The zero-order valence-electron chi connectivity index (χ0n) is 16.0. The molecule has 0 aromatic heterocycles. The Morgan fingerprint density at radius 1 is 1.38 bits per heavy atom. The maximum absolute atomic E-state index is 11.6. The van der Waals surface area contributed by atoms with Crippen LogP contribution >= 0.6 is 11.8 Å². The van der Waals surface area contributed by atoms with E-state index in [0.29, 0.717) is 17.5 Å². The number of nitrogens with one attached hydrogen (secondary N) is 2. The van der Waals surface area contributed by atoms with Crippen molar-refractivity contribution >= 4 is 23.6 Å². The molecule has 1 heterocycles. The van der Waals surface area contributed by atoms with Crippen LogP contribution in [-0.4, -0.2) is 61.6 Å². The molecule has 1 aromatic rings. The van der Waals surface area contributed by atoms with Crippen LogP contribution in [0, 0.1) is 0 Å². The van der Waals surface area contributed by atoms with Crippen LogP contribution in [-0.2, 0) is 11.3 Å². The lowest BCUT2D eigenvalue weighted by atomic mass is 10.2. The highest BCUT2D eigenvalue weighted by molar-refractivity contribution is 8.00. The van der Waals surface area contributed by atoms with E-state index in [9.17, 15) is 4.79 Å². The summed E-state index contributed by atoms with van der Waals surface area (Å²) in [5.41, 5.74) is 1.05. The molecule has 0 radical (unpaired) electrons. The Kier molecular flexibility index (Phi) is 8.61. The summed E-state index contributed by atoms with van der Waals surface area (Å²) in [5.74, 6) is 2.74. The lowest BCUT2D eigenvalue weighted by Crippen LogP contribution is -2.40. The summed E-state index contributed by atoms with van der Waals surface area (Å²) < 4.78 is 5.57. The molecule has 1 atom stereocenters. The predicted octanol–water partition coefficient (Wildman–Crippen LogP) is 2.10. The quantitative estimate of drug-likeness (QED) is 0.536. The van der Waals surface area contributed by atoms with Gasteiger partial charge in [-0.15, -0.1) is 0 Å². The molecule has 0 spiro atoms. The van der Waals surface area contributed by atoms with E-state index in [1.165, 1.54) is 23.5 Å². The molecule has 7 heteroatoms. The number of carbonyl (C=O) groups is 1. The number of guanidine groups is 1. The number of likely N-dealkylation sites (N-methyl/N-ethyl adjacent to an activating group) is 1. The van der Waals surface area contributed by atoms with Crippen molar-refractivity contribution in [3.05, 3.63) is 29.8 Å². The molecule has 1 unspecified atom stereocenters. The molecule has 144 valence electrons. The Morgan fingerprint density at radius 2 is 2.23 bits per heavy atom. The van der Waals surface area contributed by atoms with Crippen molar-refractivity contribution in [1.29, 1.82) is 0 Å². The van der Waals surface area contributed by atoms with E-state index in [1.807, 2.05) is 36.0 Å². The van der Waals surface area contributed by atoms with Gasteiger partial charge in [0.15, 0.2) is 12.6 Å². The van der Waals surface area contributed by atoms with Gasteiger partial charge in [-0.3, -0.25) is 4.79 Å². The Hall–Kier alpha value is -1.89. The van der Waals surface area contributed by atoms with E-state index in [2.05, 4.69) is 22.5 Å². The molecular weight excluding hydrogens is 348 g/mol. The van der Waals surface area contributed by atoms with E-state index in [1.54, 1.807) is 14.1 Å². The topological polar surface area (TPSA) is 66.0 Å². The summed E-state index contributed by atoms with van der Waals surface area (Å²) in [7, 11) is 3.44. The van der Waals surface area contributed by atoms with E-state index in [4.69, 9.17) is 4.74 Å². The number of nitrogens with zero attached hydrogens (tertiary/aromatic N) is 2. The highest BCUT2D eigenvalue weighted by atomic mass is 32.2. The first kappa shape index (κ1) is 20.4. The molecule has 0 saturated carbocycles. The zero-order valence-corrected chi connectivity index (χ0v) is 16.8. The summed E-state index contributed by atoms with van der Waals surface area (Å²) in [6.45, 7) is 4.46. The van der Waals surface area contributed by atoms with Gasteiger partial charge in [0.05, 0.1) is 6.54 Å². The molecule has 1 fully saturated rings. The molecule has 0 bridgehead atoms. The van der Waals surface area contributed by atoms with E-state index in [0.717, 1.165) is 24.6 Å². The molecule has 1 aromatic carbocycles. The van der Waals surface area contributed by atoms with Crippen molar-refractivity contribution in [1.82, 2.24) is 15.5 Å². The summed E-state index contributed by atoms with van der Waals surface area (Å²) in [4.78, 5) is 17.8. The number of aliphatic imine (C=N–C) groups is 1. The maximum atomic E-state index is 11.6. The smallest absolute Gasteiger partial charge is 0.259 e. The highest BCUT2D eigenvalue weighted by Crippen LogP contribution is 2.25. The largest absolute Gasteiger partial charge is 0.484 e. The number of ether oxygens (including phenoxy) is 1. The summed E-state index contributed by atoms with van der Waals surface area (Å²) in [5, 5.41) is 7.41. The second-order valence-corrected chi connectivity index (χ2v) is 7.84. The number of hydrogen-bond acceptors (Lipinski definition) is 4. The minimum atomic E-state index is -0.0585. The maximum Gasteiger partial charge on any atom is 0.259 e. The van der Waals surface area contributed by atoms with Crippen LogP contribution in [0.1, 0.15) is 25.3 Å². The second-order valence-electron chi connectivity index (χ2n) is 6.44. The van der Waals surface area contributed by atoms with Gasteiger partial charge in [0, 0.05) is 32.4 Å². The normalized spacial score (nSPS) is 17.0. The van der Waals surface area contributed by atoms with Crippen molar-refractivity contribution in [3.63, 3.8) is 0 Å². The van der Waals surface area contributed by atoms with Crippen LogP contribution in [0.25, 0.3) is 0 Å². The van der Waals surface area contributed by atoms with Gasteiger partial charge in [-0.05, 0) is 43.2 Å². The summed E-state index contributed by atoms with van der Waals surface area (Å²) in [6, 6.07) is 7.73. The number of carbonyl (C=O) groups excluding carboxylic acids is 1. The van der Waals surface area contributed by atoms with Crippen molar-refractivity contribution < 1.29 is 9.53 Å². The van der Waals surface area contributed by atoms with E-state index >= 15 is 0 Å². The lowest BCUT2D eigenvalue weighted by Gasteiger charge is -2.14. The standard InChI is InChI=1S/C19H30N4O2S/c1-4-20-19(22-13-17-9-6-10-26-17)21-12-15-7-5-8-16(11-15)25-14-18(24)23(2)3/h5,7-8,11,17H,4,6,9-10,12-14H2,1-3H3,(H2,20,21,22).